The summed E-state index contributed by atoms with van der Waals surface area (Å²) in [7, 11) is 0. The van der Waals surface area contributed by atoms with Crippen LogP contribution < -0.4 is 0 Å². The molecule has 0 radical (unpaired) electrons. The summed E-state index contributed by atoms with van der Waals surface area (Å²) in [5.74, 6) is -0.203. The fourth-order valence-electron chi connectivity index (χ4n) is 5.25. The van der Waals surface area contributed by atoms with Crippen LogP contribution in [0.4, 0.5) is 0 Å². The first-order valence-electron chi connectivity index (χ1n) is 18.4. The van der Waals surface area contributed by atoms with Gasteiger partial charge >= 0.3 is 5.97 Å². The number of hydrogen-bond donors (Lipinski definition) is 1. The monoisotopic (exact) mass is 593 g/mol. The van der Waals surface area contributed by atoms with Gasteiger partial charge in [-0.25, -0.2) is 0 Å². The van der Waals surface area contributed by atoms with E-state index in [2.05, 4.69) is 38.2 Å². The van der Waals surface area contributed by atoms with E-state index in [0.717, 1.165) is 25.7 Å². The predicted molar refractivity (Wildman–Crippen MR) is 182 cm³/mol. The minimum atomic E-state index is -0.534. The van der Waals surface area contributed by atoms with Gasteiger partial charge in [0.15, 0.2) is 0 Å². The molecule has 0 aromatic heterocycles. The zero-order chi connectivity index (χ0) is 30.6. The molecule has 0 fully saturated rings. The number of hydrogen-bond acceptors (Lipinski definition) is 4. The third kappa shape index (κ3) is 33.4. The van der Waals surface area contributed by atoms with Gasteiger partial charge in [-0.2, -0.15) is 0 Å². The smallest absolute Gasteiger partial charge is 0.306 e. The summed E-state index contributed by atoms with van der Waals surface area (Å²) < 4.78 is 11.1. The van der Waals surface area contributed by atoms with Crippen LogP contribution in [0.1, 0.15) is 187 Å². The topological polar surface area (TPSA) is 55.8 Å². The zero-order valence-electron chi connectivity index (χ0n) is 28.3. The number of aliphatic hydroxyl groups excluding tert-OH is 1. The van der Waals surface area contributed by atoms with E-state index in [0.29, 0.717) is 19.6 Å². The average molecular weight is 593 g/mol. The third-order valence-electron chi connectivity index (χ3n) is 8.01. The van der Waals surface area contributed by atoms with Crippen molar-refractivity contribution in [1.29, 1.82) is 0 Å². The number of carbonyl (C=O) groups excluding carboxylic acids is 1. The number of allylic oxidation sites excluding steroid dienone is 4. The first-order valence-corrected chi connectivity index (χ1v) is 18.4. The molecule has 0 aliphatic rings. The highest BCUT2D eigenvalue weighted by atomic mass is 16.6. The lowest BCUT2D eigenvalue weighted by Crippen LogP contribution is -2.27. The van der Waals surface area contributed by atoms with Crippen molar-refractivity contribution in [3.8, 4) is 0 Å². The molecular weight excluding hydrogens is 520 g/mol. The molecule has 0 aliphatic carbocycles. The molecule has 0 heterocycles. The van der Waals surface area contributed by atoms with Crippen LogP contribution in [0.5, 0.6) is 0 Å². The van der Waals surface area contributed by atoms with E-state index in [1.807, 2.05) is 0 Å². The average Bonchev–Trinajstić information content (AvgIpc) is 3.00. The standard InChI is InChI=1S/C38H72O4/c1-3-5-7-9-11-13-15-17-19-20-21-23-25-27-29-31-33-38(40)42-37(35-39)36-41-34-32-30-28-26-24-22-18-16-14-12-10-8-6-4-2/h8,10,14,16,37,39H,3-7,9,11-13,15,17-36H2,1-2H3/b10-8-,16-14-. The molecule has 0 amide bonds. The molecule has 1 unspecified atom stereocenters. The number of carbonyl (C=O) groups is 1. The largest absolute Gasteiger partial charge is 0.457 e. The molecule has 4 heteroatoms. The van der Waals surface area contributed by atoms with Crippen molar-refractivity contribution in [3.63, 3.8) is 0 Å². The summed E-state index contributed by atoms with van der Waals surface area (Å²) in [6, 6.07) is 0. The summed E-state index contributed by atoms with van der Waals surface area (Å²) >= 11 is 0. The van der Waals surface area contributed by atoms with E-state index in [1.165, 1.54) is 141 Å². The van der Waals surface area contributed by atoms with Gasteiger partial charge in [0.1, 0.15) is 6.10 Å². The van der Waals surface area contributed by atoms with E-state index in [1.54, 1.807) is 0 Å². The summed E-state index contributed by atoms with van der Waals surface area (Å²) in [4.78, 5) is 12.1. The second-order valence-corrected chi connectivity index (χ2v) is 12.3. The van der Waals surface area contributed by atoms with Crippen molar-refractivity contribution in [3.05, 3.63) is 24.3 Å². The van der Waals surface area contributed by atoms with Crippen molar-refractivity contribution in [1.82, 2.24) is 0 Å². The minimum Gasteiger partial charge on any atom is -0.457 e. The molecule has 0 aromatic rings. The lowest BCUT2D eigenvalue weighted by Gasteiger charge is -2.15. The van der Waals surface area contributed by atoms with Gasteiger partial charge < -0.3 is 14.6 Å². The maximum atomic E-state index is 12.1. The van der Waals surface area contributed by atoms with Gasteiger partial charge in [0.05, 0.1) is 13.2 Å². The summed E-state index contributed by atoms with van der Waals surface area (Å²) in [5, 5.41) is 9.55. The quantitative estimate of drug-likeness (QED) is 0.0459. The van der Waals surface area contributed by atoms with Gasteiger partial charge in [-0.1, -0.05) is 167 Å². The fraction of sp³-hybridized carbons (Fsp3) is 0.868. The summed E-state index contributed by atoms with van der Waals surface area (Å²) in [6.07, 6.45) is 42.1. The van der Waals surface area contributed by atoms with Crippen molar-refractivity contribution in [2.24, 2.45) is 0 Å². The third-order valence-corrected chi connectivity index (χ3v) is 8.01. The Morgan fingerprint density at radius 3 is 1.57 bits per heavy atom. The molecular formula is C38H72O4. The molecule has 0 rings (SSSR count). The van der Waals surface area contributed by atoms with Gasteiger partial charge in [0, 0.05) is 13.0 Å². The van der Waals surface area contributed by atoms with Gasteiger partial charge in [-0.3, -0.25) is 4.79 Å². The van der Waals surface area contributed by atoms with Crippen LogP contribution in [0.2, 0.25) is 0 Å². The minimum absolute atomic E-state index is 0.172. The summed E-state index contributed by atoms with van der Waals surface area (Å²) in [5.41, 5.74) is 0. The normalized spacial score (nSPS) is 12.5. The van der Waals surface area contributed by atoms with E-state index in [9.17, 15) is 9.90 Å². The van der Waals surface area contributed by atoms with Gasteiger partial charge in [0.2, 0.25) is 0 Å². The van der Waals surface area contributed by atoms with Crippen molar-refractivity contribution in [2.75, 3.05) is 19.8 Å². The Hall–Kier alpha value is -1.13. The SMILES string of the molecule is CCC/C=C\C/C=C\CCCCCCCCOCC(CO)OC(=O)CCCCCCCCCCCCCCCCCC. The van der Waals surface area contributed by atoms with E-state index < -0.39 is 6.10 Å². The number of ether oxygens (including phenoxy) is 2. The van der Waals surface area contributed by atoms with Crippen LogP contribution in [-0.4, -0.2) is 37.0 Å². The van der Waals surface area contributed by atoms with Crippen LogP contribution in [-0.2, 0) is 14.3 Å². The Kier molecular flexibility index (Phi) is 35.1. The Labute approximate surface area is 262 Å². The first-order chi connectivity index (χ1) is 20.7. The van der Waals surface area contributed by atoms with E-state index in [-0.39, 0.29) is 12.6 Å². The molecule has 0 aliphatic heterocycles. The lowest BCUT2D eigenvalue weighted by atomic mass is 10.0. The van der Waals surface area contributed by atoms with Crippen LogP contribution in [0.15, 0.2) is 24.3 Å². The van der Waals surface area contributed by atoms with Crippen LogP contribution in [0.25, 0.3) is 0 Å². The Bertz CT molecular complexity index is 586. The molecule has 0 saturated heterocycles. The maximum Gasteiger partial charge on any atom is 0.306 e. The summed E-state index contributed by atoms with van der Waals surface area (Å²) in [6.45, 7) is 5.28. The number of rotatable bonds is 34. The van der Waals surface area contributed by atoms with Crippen molar-refractivity contribution < 1.29 is 19.4 Å². The highest BCUT2D eigenvalue weighted by Crippen LogP contribution is 2.14. The van der Waals surface area contributed by atoms with Crippen LogP contribution >= 0.6 is 0 Å². The molecule has 0 aromatic carbocycles. The van der Waals surface area contributed by atoms with Gasteiger partial charge in [0.25, 0.3) is 0 Å². The molecule has 248 valence electrons. The second-order valence-electron chi connectivity index (χ2n) is 12.3. The van der Waals surface area contributed by atoms with E-state index >= 15 is 0 Å². The van der Waals surface area contributed by atoms with Crippen molar-refractivity contribution >= 4 is 5.97 Å². The number of unbranched alkanes of at least 4 members (excludes halogenated alkanes) is 22. The molecule has 42 heavy (non-hydrogen) atoms. The first kappa shape index (κ1) is 40.9. The molecule has 4 nitrogen and oxygen atoms in total. The van der Waals surface area contributed by atoms with Crippen LogP contribution in [0.3, 0.4) is 0 Å². The Balaban J connectivity index is 3.43. The van der Waals surface area contributed by atoms with Crippen LogP contribution in [0, 0.1) is 0 Å². The molecule has 0 bridgehead atoms. The highest BCUT2D eigenvalue weighted by Gasteiger charge is 2.13. The molecule has 0 saturated carbocycles. The lowest BCUT2D eigenvalue weighted by molar-refractivity contribution is -0.154. The fourth-order valence-corrected chi connectivity index (χ4v) is 5.25. The van der Waals surface area contributed by atoms with Gasteiger partial charge in [-0.05, 0) is 38.5 Å². The zero-order valence-corrected chi connectivity index (χ0v) is 28.3. The van der Waals surface area contributed by atoms with Gasteiger partial charge in [-0.15, -0.1) is 0 Å². The second kappa shape index (κ2) is 36.1. The predicted octanol–water partition coefficient (Wildman–Crippen LogP) is 11.6. The highest BCUT2D eigenvalue weighted by molar-refractivity contribution is 5.69. The molecule has 0 spiro atoms. The van der Waals surface area contributed by atoms with E-state index in [4.69, 9.17) is 9.47 Å². The maximum absolute atomic E-state index is 12.1. The number of esters is 1. The Morgan fingerprint density at radius 1 is 0.571 bits per heavy atom. The van der Waals surface area contributed by atoms with Crippen molar-refractivity contribution in [2.45, 2.75) is 193 Å². The Morgan fingerprint density at radius 2 is 1.05 bits per heavy atom. The molecule has 1 atom stereocenters. The number of aliphatic hydroxyl groups is 1. The molecule has 1 N–H and O–H groups in total.